The monoisotopic (exact) mass is 428 g/mol. The molecule has 6 heteroatoms. The van der Waals surface area contributed by atoms with Gasteiger partial charge in [0.15, 0.2) is 0 Å². The number of rotatable bonds is 8. The van der Waals surface area contributed by atoms with Crippen LogP contribution in [0.4, 0.5) is 4.39 Å². The van der Waals surface area contributed by atoms with Gasteiger partial charge in [0, 0.05) is 18.7 Å². The van der Waals surface area contributed by atoms with Crippen LogP contribution in [-0.4, -0.2) is 28.8 Å². The van der Waals surface area contributed by atoms with Crippen LogP contribution in [-0.2, 0) is 6.54 Å². The van der Waals surface area contributed by atoms with Crippen LogP contribution in [0.1, 0.15) is 38.2 Å². The van der Waals surface area contributed by atoms with Gasteiger partial charge < -0.3 is 15.6 Å². The maximum atomic E-state index is 14.0. The first-order chi connectivity index (χ1) is 14.3. The fourth-order valence-electron chi connectivity index (χ4n) is 3.48. The van der Waals surface area contributed by atoms with E-state index >= 15 is 0 Å². The van der Waals surface area contributed by atoms with Gasteiger partial charge in [0.1, 0.15) is 22.8 Å². The van der Waals surface area contributed by atoms with Crippen molar-refractivity contribution in [3.05, 3.63) is 77.2 Å². The molecule has 3 rings (SSSR count). The molecule has 3 aromatic rings. The number of benzene rings is 2. The molecule has 0 fully saturated rings. The fraction of sp³-hybridized carbons (Fsp3) is 0.375. The second-order valence-electron chi connectivity index (χ2n) is 8.59. The van der Waals surface area contributed by atoms with E-state index in [1.165, 1.54) is 0 Å². The summed E-state index contributed by atoms with van der Waals surface area (Å²) in [6, 6.07) is 19.8. The second kappa shape index (κ2) is 9.73. The van der Waals surface area contributed by atoms with Gasteiger partial charge in [-0.1, -0.05) is 93.0 Å². The Labute approximate surface area is 183 Å². The lowest BCUT2D eigenvalue weighted by atomic mass is 9.86. The summed E-state index contributed by atoms with van der Waals surface area (Å²) in [5.41, 5.74) is 8.07. The number of imidazole rings is 1. The molecule has 3 N–H and O–H groups in total. The van der Waals surface area contributed by atoms with Crippen LogP contribution in [0.2, 0.25) is 5.15 Å². The molecule has 1 heterocycles. The Balaban J connectivity index is 2.09. The first kappa shape index (κ1) is 22.5. The van der Waals surface area contributed by atoms with E-state index < -0.39 is 6.17 Å². The highest BCUT2D eigenvalue weighted by molar-refractivity contribution is 6.32. The molecule has 0 aliphatic heterocycles. The predicted molar refractivity (Wildman–Crippen MR) is 122 cm³/mol. The highest BCUT2D eigenvalue weighted by atomic mass is 35.5. The minimum Gasteiger partial charge on any atom is -0.328 e. The normalized spacial score (nSPS) is 13.9. The van der Waals surface area contributed by atoms with Gasteiger partial charge in [0.25, 0.3) is 0 Å². The molecule has 0 spiro atoms. The summed E-state index contributed by atoms with van der Waals surface area (Å²) in [5.74, 6) is 0.791. The minimum atomic E-state index is -1.11. The Morgan fingerprint density at radius 1 is 1.07 bits per heavy atom. The Morgan fingerprint density at radius 2 is 1.67 bits per heavy atom. The first-order valence-electron chi connectivity index (χ1n) is 10.2. The summed E-state index contributed by atoms with van der Waals surface area (Å²) in [6.07, 6.45) is -1.11. The van der Waals surface area contributed by atoms with Gasteiger partial charge in [-0.05, 0) is 11.0 Å². The number of hydrogen-bond acceptors (Lipinski definition) is 3. The molecule has 160 valence electrons. The number of halogens is 2. The zero-order valence-corrected chi connectivity index (χ0v) is 18.5. The Kier molecular flexibility index (Phi) is 7.29. The molecule has 0 saturated carbocycles. The van der Waals surface area contributed by atoms with Crippen molar-refractivity contribution >= 4 is 11.6 Å². The van der Waals surface area contributed by atoms with Crippen LogP contribution in [0.3, 0.4) is 0 Å². The quantitative estimate of drug-likeness (QED) is 0.516. The molecular formula is C24H30ClFN4. The molecule has 30 heavy (non-hydrogen) atoms. The van der Waals surface area contributed by atoms with Crippen molar-refractivity contribution in [3.63, 3.8) is 0 Å². The highest BCUT2D eigenvalue weighted by Gasteiger charge is 2.32. The maximum Gasteiger partial charge on any atom is 0.137 e. The van der Waals surface area contributed by atoms with Gasteiger partial charge in [-0.3, -0.25) is 0 Å². The maximum absolute atomic E-state index is 14.0. The van der Waals surface area contributed by atoms with Crippen LogP contribution in [0, 0.1) is 5.41 Å². The van der Waals surface area contributed by atoms with Crippen molar-refractivity contribution in [2.75, 3.05) is 13.1 Å². The largest absolute Gasteiger partial charge is 0.328 e. The van der Waals surface area contributed by atoms with Crippen molar-refractivity contribution in [2.45, 2.75) is 39.5 Å². The van der Waals surface area contributed by atoms with Crippen molar-refractivity contribution in [2.24, 2.45) is 11.1 Å². The number of nitrogens with zero attached hydrogens (tertiary/aromatic N) is 2. The Morgan fingerprint density at radius 3 is 2.23 bits per heavy atom. The van der Waals surface area contributed by atoms with E-state index in [9.17, 15) is 4.39 Å². The molecular weight excluding hydrogens is 399 g/mol. The minimum absolute atomic E-state index is 0.0155. The third kappa shape index (κ3) is 5.28. The lowest BCUT2D eigenvalue weighted by molar-refractivity contribution is 0.227. The summed E-state index contributed by atoms with van der Waals surface area (Å²) in [6.45, 7) is 7.06. The summed E-state index contributed by atoms with van der Waals surface area (Å²) in [4.78, 5) is 4.96. The third-order valence-corrected chi connectivity index (χ3v) is 5.47. The van der Waals surface area contributed by atoms with Gasteiger partial charge in [0.05, 0.1) is 12.6 Å². The van der Waals surface area contributed by atoms with Gasteiger partial charge >= 0.3 is 0 Å². The number of alkyl halides is 1. The van der Waals surface area contributed by atoms with Crippen molar-refractivity contribution in [3.8, 4) is 11.3 Å². The molecule has 1 aromatic heterocycles. The van der Waals surface area contributed by atoms with Crippen molar-refractivity contribution in [1.29, 1.82) is 0 Å². The van der Waals surface area contributed by atoms with Crippen LogP contribution in [0.15, 0.2) is 60.7 Å². The topological polar surface area (TPSA) is 55.9 Å². The number of nitrogens with two attached hydrogens (primary N) is 1. The van der Waals surface area contributed by atoms with Gasteiger partial charge in [-0.15, -0.1) is 0 Å². The predicted octanol–water partition coefficient (Wildman–Crippen LogP) is 5.23. The van der Waals surface area contributed by atoms with Gasteiger partial charge in [-0.25, -0.2) is 9.37 Å². The zero-order chi connectivity index (χ0) is 21.7. The number of nitrogens with one attached hydrogen (secondary N) is 1. The highest BCUT2D eigenvalue weighted by Crippen LogP contribution is 2.37. The lowest BCUT2D eigenvalue weighted by Gasteiger charge is -2.32. The van der Waals surface area contributed by atoms with E-state index in [0.717, 1.165) is 22.6 Å². The summed E-state index contributed by atoms with van der Waals surface area (Å²) < 4.78 is 16.0. The van der Waals surface area contributed by atoms with Crippen LogP contribution < -0.4 is 11.1 Å². The third-order valence-electron chi connectivity index (χ3n) is 5.09. The average Bonchev–Trinajstić information content (AvgIpc) is 3.04. The van der Waals surface area contributed by atoms with Crippen LogP contribution in [0.25, 0.3) is 11.3 Å². The summed E-state index contributed by atoms with van der Waals surface area (Å²) in [5, 5.41) is 3.92. The second-order valence-corrected chi connectivity index (χ2v) is 8.95. The van der Waals surface area contributed by atoms with Gasteiger partial charge in [-0.2, -0.15) is 0 Å². The number of aromatic nitrogens is 2. The molecule has 0 radical (unpaired) electrons. The van der Waals surface area contributed by atoms with Crippen LogP contribution >= 0.6 is 11.6 Å². The molecule has 0 unspecified atom stereocenters. The van der Waals surface area contributed by atoms with E-state index in [4.69, 9.17) is 22.3 Å². The van der Waals surface area contributed by atoms with E-state index in [0.29, 0.717) is 11.7 Å². The molecule has 0 aliphatic rings. The van der Waals surface area contributed by atoms with Crippen molar-refractivity contribution < 1.29 is 4.39 Å². The standard InChI is InChI=1S/C24H30ClFN4/c1-24(2,3)21(28-15-19(26)14-27)23-29-20(18-12-8-5-9-13-18)22(25)30(23)16-17-10-6-4-7-11-17/h4-13,19,21,28H,14-16,27H2,1-3H3/t19-,21+/m1/s1. The number of hydrogen-bond donors (Lipinski definition) is 2. The van der Waals surface area contributed by atoms with E-state index in [-0.39, 0.29) is 24.5 Å². The average molecular weight is 429 g/mol. The SMILES string of the molecule is CC(C)(C)[C@@H](NC[C@H](F)CN)c1nc(-c2ccccc2)c(Cl)n1Cc1ccccc1. The molecule has 2 aromatic carbocycles. The van der Waals surface area contributed by atoms with E-state index in [1.54, 1.807) is 0 Å². The van der Waals surface area contributed by atoms with E-state index in [2.05, 4.69) is 38.2 Å². The first-order valence-corrected chi connectivity index (χ1v) is 10.6. The van der Waals surface area contributed by atoms with Crippen LogP contribution in [0.5, 0.6) is 0 Å². The van der Waals surface area contributed by atoms with E-state index in [1.807, 2.05) is 53.1 Å². The molecule has 0 saturated heterocycles. The Hall–Kier alpha value is -2.21. The zero-order valence-electron chi connectivity index (χ0n) is 17.8. The summed E-state index contributed by atoms with van der Waals surface area (Å²) >= 11 is 6.88. The van der Waals surface area contributed by atoms with Gasteiger partial charge in [0.2, 0.25) is 0 Å². The molecule has 2 atom stereocenters. The molecule has 0 aliphatic carbocycles. The smallest absolute Gasteiger partial charge is 0.137 e. The Bertz CT molecular complexity index is 935. The fourth-order valence-corrected chi connectivity index (χ4v) is 3.78. The lowest BCUT2D eigenvalue weighted by Crippen LogP contribution is -2.39. The molecule has 0 bridgehead atoms. The van der Waals surface area contributed by atoms with Crippen molar-refractivity contribution in [1.82, 2.24) is 14.9 Å². The summed E-state index contributed by atoms with van der Waals surface area (Å²) in [7, 11) is 0. The molecule has 4 nitrogen and oxygen atoms in total. The molecule has 0 amide bonds.